The molecule has 0 spiro atoms. The highest BCUT2D eigenvalue weighted by Crippen LogP contribution is 2.36. The minimum atomic E-state index is 0.695. The van der Waals surface area contributed by atoms with Crippen LogP contribution in [0.4, 0.5) is 0 Å². The van der Waals surface area contributed by atoms with Gasteiger partial charge < -0.3 is 0 Å². The van der Waals surface area contributed by atoms with E-state index in [1.807, 2.05) is 12.1 Å². The predicted molar refractivity (Wildman–Crippen MR) is 64.7 cm³/mol. The minimum absolute atomic E-state index is 0.695. The number of rotatable bonds is 1. The predicted octanol–water partition coefficient (Wildman–Crippen LogP) is 4.37. The third-order valence-electron chi connectivity index (χ3n) is 3.17. The Morgan fingerprint density at radius 3 is 2.53 bits per heavy atom. The molecule has 1 aliphatic rings. The van der Waals surface area contributed by atoms with Gasteiger partial charge in [-0.15, -0.1) is 0 Å². The number of hydrogen-bond donors (Lipinski definition) is 0. The minimum Gasteiger partial charge on any atom is -0.192 e. The Bertz CT molecular complexity index is 386. The van der Waals surface area contributed by atoms with Gasteiger partial charge in [0, 0.05) is 4.47 Å². The van der Waals surface area contributed by atoms with E-state index in [0.29, 0.717) is 5.92 Å². The topological polar surface area (TPSA) is 23.8 Å². The van der Waals surface area contributed by atoms with Crippen molar-refractivity contribution in [2.24, 2.45) is 0 Å². The molecule has 0 bridgehead atoms. The zero-order valence-electron chi connectivity index (χ0n) is 8.67. The van der Waals surface area contributed by atoms with E-state index in [1.54, 1.807) is 0 Å². The van der Waals surface area contributed by atoms with Crippen LogP contribution in [-0.4, -0.2) is 0 Å². The van der Waals surface area contributed by atoms with Crippen LogP contribution in [0.3, 0.4) is 0 Å². The van der Waals surface area contributed by atoms with Crippen LogP contribution in [0.2, 0.25) is 0 Å². The van der Waals surface area contributed by atoms with Crippen molar-refractivity contribution in [3.63, 3.8) is 0 Å². The molecule has 0 N–H and O–H groups in total. The van der Waals surface area contributed by atoms with E-state index < -0.39 is 0 Å². The molecule has 0 heterocycles. The summed E-state index contributed by atoms with van der Waals surface area (Å²) < 4.78 is 1.11. The summed E-state index contributed by atoms with van der Waals surface area (Å²) in [5.74, 6) is 0.695. The molecular weight excluding hydrogens is 250 g/mol. The van der Waals surface area contributed by atoms with E-state index in [1.165, 1.54) is 37.7 Å². The first-order chi connectivity index (χ1) is 7.31. The summed E-state index contributed by atoms with van der Waals surface area (Å²) in [5, 5.41) is 8.79. The zero-order chi connectivity index (χ0) is 10.7. The van der Waals surface area contributed by atoms with E-state index in [2.05, 4.69) is 28.1 Å². The number of nitriles is 1. The first kappa shape index (κ1) is 10.7. The molecule has 1 nitrogen and oxygen atoms in total. The van der Waals surface area contributed by atoms with Gasteiger partial charge in [-0.3, -0.25) is 0 Å². The quantitative estimate of drug-likeness (QED) is 0.738. The smallest absolute Gasteiger partial charge is 0.0992 e. The van der Waals surface area contributed by atoms with E-state index in [4.69, 9.17) is 5.26 Å². The maximum absolute atomic E-state index is 8.79. The number of nitrogens with zero attached hydrogens (tertiary/aromatic N) is 1. The summed E-state index contributed by atoms with van der Waals surface area (Å²) in [4.78, 5) is 0. The van der Waals surface area contributed by atoms with Crippen molar-refractivity contribution >= 4 is 15.9 Å². The van der Waals surface area contributed by atoms with Gasteiger partial charge in [0.15, 0.2) is 0 Å². The van der Waals surface area contributed by atoms with Gasteiger partial charge in [-0.05, 0) is 36.5 Å². The molecule has 0 aliphatic heterocycles. The average Bonchev–Trinajstić information content (AvgIpc) is 2.30. The van der Waals surface area contributed by atoms with Crippen LogP contribution in [0, 0.1) is 11.3 Å². The summed E-state index contributed by atoms with van der Waals surface area (Å²) in [7, 11) is 0. The van der Waals surface area contributed by atoms with Crippen LogP contribution in [0.1, 0.15) is 49.1 Å². The van der Waals surface area contributed by atoms with Crippen LogP contribution in [-0.2, 0) is 0 Å². The van der Waals surface area contributed by atoms with Crippen molar-refractivity contribution in [1.29, 1.82) is 5.26 Å². The summed E-state index contributed by atoms with van der Waals surface area (Å²) in [6.45, 7) is 0. The highest BCUT2D eigenvalue weighted by Gasteiger charge is 2.17. The summed E-state index contributed by atoms with van der Waals surface area (Å²) in [6, 6.07) is 8.14. The lowest BCUT2D eigenvalue weighted by Crippen LogP contribution is -2.05. The molecule has 2 rings (SSSR count). The highest BCUT2D eigenvalue weighted by molar-refractivity contribution is 9.10. The Hall–Kier alpha value is -0.810. The maximum atomic E-state index is 8.79. The van der Waals surface area contributed by atoms with Gasteiger partial charge in [-0.25, -0.2) is 0 Å². The molecule has 0 saturated heterocycles. The van der Waals surface area contributed by atoms with Crippen molar-refractivity contribution in [3.05, 3.63) is 33.8 Å². The van der Waals surface area contributed by atoms with E-state index in [-0.39, 0.29) is 0 Å². The van der Waals surface area contributed by atoms with E-state index >= 15 is 0 Å². The molecule has 78 valence electrons. The van der Waals surface area contributed by atoms with Crippen molar-refractivity contribution in [1.82, 2.24) is 0 Å². The normalized spacial score (nSPS) is 17.3. The van der Waals surface area contributed by atoms with Crippen LogP contribution < -0.4 is 0 Å². The van der Waals surface area contributed by atoms with Gasteiger partial charge in [0.25, 0.3) is 0 Å². The molecule has 0 amide bonds. The second kappa shape index (κ2) is 4.81. The molecule has 1 saturated carbocycles. The summed E-state index contributed by atoms with van der Waals surface area (Å²) in [5.41, 5.74) is 2.12. The lowest BCUT2D eigenvalue weighted by molar-refractivity contribution is 0.442. The largest absolute Gasteiger partial charge is 0.192 e. The fraction of sp³-hybridized carbons (Fsp3) is 0.462. The van der Waals surface area contributed by atoms with Crippen LogP contribution in [0.25, 0.3) is 0 Å². The van der Waals surface area contributed by atoms with E-state index in [9.17, 15) is 0 Å². The SMILES string of the molecule is N#Cc1ccc(C2CCCCC2)c(Br)c1. The molecule has 0 aromatic heterocycles. The molecule has 0 atom stereocenters. The number of benzene rings is 1. The first-order valence-corrected chi connectivity index (χ1v) is 6.30. The first-order valence-electron chi connectivity index (χ1n) is 5.51. The summed E-state index contributed by atoms with van der Waals surface area (Å²) >= 11 is 3.57. The van der Waals surface area contributed by atoms with Gasteiger partial charge in [0.1, 0.15) is 0 Å². The highest BCUT2D eigenvalue weighted by atomic mass is 79.9. The zero-order valence-corrected chi connectivity index (χ0v) is 10.3. The molecule has 1 aromatic rings. The van der Waals surface area contributed by atoms with Gasteiger partial charge >= 0.3 is 0 Å². The van der Waals surface area contributed by atoms with Gasteiger partial charge in [-0.2, -0.15) is 5.26 Å². The second-order valence-electron chi connectivity index (χ2n) is 4.18. The van der Waals surface area contributed by atoms with Gasteiger partial charge in [0.2, 0.25) is 0 Å². The monoisotopic (exact) mass is 263 g/mol. The fourth-order valence-electron chi connectivity index (χ4n) is 2.34. The molecule has 2 heteroatoms. The van der Waals surface area contributed by atoms with Gasteiger partial charge in [0.05, 0.1) is 11.6 Å². The lowest BCUT2D eigenvalue weighted by atomic mass is 9.84. The molecule has 0 radical (unpaired) electrons. The van der Waals surface area contributed by atoms with Crippen molar-refractivity contribution in [3.8, 4) is 6.07 Å². The Morgan fingerprint density at radius 2 is 1.93 bits per heavy atom. The third kappa shape index (κ3) is 2.41. The Labute approximate surface area is 99.2 Å². The fourth-order valence-corrected chi connectivity index (χ4v) is 3.04. The molecular formula is C13H14BrN. The summed E-state index contributed by atoms with van der Waals surface area (Å²) in [6.07, 6.45) is 6.66. The van der Waals surface area contributed by atoms with Crippen molar-refractivity contribution < 1.29 is 0 Å². The van der Waals surface area contributed by atoms with Crippen LogP contribution in [0.5, 0.6) is 0 Å². The van der Waals surface area contributed by atoms with Crippen molar-refractivity contribution in [2.45, 2.75) is 38.0 Å². The maximum Gasteiger partial charge on any atom is 0.0992 e. The molecule has 15 heavy (non-hydrogen) atoms. The average molecular weight is 264 g/mol. The number of hydrogen-bond acceptors (Lipinski definition) is 1. The second-order valence-corrected chi connectivity index (χ2v) is 5.04. The molecule has 1 aliphatic carbocycles. The van der Waals surface area contributed by atoms with Crippen molar-refractivity contribution in [2.75, 3.05) is 0 Å². The number of halogens is 1. The molecule has 1 fully saturated rings. The Kier molecular flexibility index (Phi) is 3.43. The third-order valence-corrected chi connectivity index (χ3v) is 3.86. The molecule has 0 unspecified atom stereocenters. The van der Waals surface area contributed by atoms with Crippen LogP contribution in [0.15, 0.2) is 22.7 Å². The molecule has 1 aromatic carbocycles. The Morgan fingerprint density at radius 1 is 1.20 bits per heavy atom. The van der Waals surface area contributed by atoms with Crippen LogP contribution >= 0.6 is 15.9 Å². The standard InChI is InChI=1S/C13H14BrN/c14-13-8-10(9-15)6-7-12(13)11-4-2-1-3-5-11/h6-8,11H,1-5H2. The van der Waals surface area contributed by atoms with E-state index in [0.717, 1.165) is 10.0 Å². The Balaban J connectivity index is 2.24. The van der Waals surface area contributed by atoms with Gasteiger partial charge in [-0.1, -0.05) is 41.3 Å². The lowest BCUT2D eigenvalue weighted by Gasteiger charge is -2.23.